The third-order valence-electron chi connectivity index (χ3n) is 5.20. The van der Waals surface area contributed by atoms with Gasteiger partial charge in [-0.05, 0) is 48.8 Å². The van der Waals surface area contributed by atoms with Gasteiger partial charge in [0.1, 0.15) is 0 Å². The number of nitrogens with zero attached hydrogens (tertiary/aromatic N) is 4. The quantitative estimate of drug-likeness (QED) is 0.933. The molecule has 6 nitrogen and oxygen atoms in total. The fourth-order valence-electron chi connectivity index (χ4n) is 3.90. The molecule has 2 N–H and O–H groups in total. The van der Waals surface area contributed by atoms with E-state index in [9.17, 15) is 4.79 Å². The Morgan fingerprint density at radius 1 is 1.29 bits per heavy atom. The number of rotatable bonds is 3. The Bertz CT molecular complexity index is 762. The second-order valence-corrected chi connectivity index (χ2v) is 6.83. The molecule has 0 spiro atoms. The molecule has 1 aliphatic carbocycles. The van der Waals surface area contributed by atoms with Crippen LogP contribution in [0.3, 0.4) is 0 Å². The standard InChI is InChI=1S/C18H23N5O/c1-22-18(19)20-17(21-22)15-6-3-9-23(15)16(24)11-12-7-8-13-4-2-5-14(13)10-12/h7-8,10,15H,2-6,9,11H2,1H3,(H2,19,20,21). The normalized spacial score (nSPS) is 19.7. The minimum absolute atomic E-state index is 0.0459. The summed E-state index contributed by atoms with van der Waals surface area (Å²) in [6.07, 6.45) is 5.88. The number of anilines is 1. The lowest BCUT2D eigenvalue weighted by Gasteiger charge is -2.22. The summed E-state index contributed by atoms with van der Waals surface area (Å²) in [4.78, 5) is 19.1. The predicted molar refractivity (Wildman–Crippen MR) is 91.3 cm³/mol. The number of carbonyl (C=O) groups excluding carboxylic acids is 1. The molecule has 4 rings (SSSR count). The van der Waals surface area contributed by atoms with Gasteiger partial charge in [0.15, 0.2) is 5.82 Å². The van der Waals surface area contributed by atoms with Gasteiger partial charge in [-0.15, -0.1) is 0 Å². The molecular weight excluding hydrogens is 302 g/mol. The lowest BCUT2D eigenvalue weighted by Crippen LogP contribution is -2.32. The smallest absolute Gasteiger partial charge is 0.227 e. The monoisotopic (exact) mass is 325 g/mol. The summed E-state index contributed by atoms with van der Waals surface area (Å²) in [5.41, 5.74) is 9.76. The van der Waals surface area contributed by atoms with Gasteiger partial charge >= 0.3 is 0 Å². The van der Waals surface area contributed by atoms with Crippen molar-refractivity contribution in [2.75, 3.05) is 12.3 Å². The number of aryl methyl sites for hydroxylation is 3. The Hall–Kier alpha value is -2.37. The Kier molecular flexibility index (Phi) is 3.75. The van der Waals surface area contributed by atoms with E-state index >= 15 is 0 Å². The van der Waals surface area contributed by atoms with Crippen LogP contribution in [-0.2, 0) is 31.1 Å². The van der Waals surface area contributed by atoms with Crippen LogP contribution in [0.5, 0.6) is 0 Å². The second kappa shape index (κ2) is 5.92. The molecule has 1 aromatic carbocycles. The lowest BCUT2D eigenvalue weighted by atomic mass is 10.0. The minimum atomic E-state index is -0.0459. The van der Waals surface area contributed by atoms with Crippen LogP contribution in [0.2, 0.25) is 0 Å². The molecule has 0 bridgehead atoms. The van der Waals surface area contributed by atoms with Crippen molar-refractivity contribution in [2.45, 2.75) is 44.6 Å². The van der Waals surface area contributed by atoms with E-state index in [1.54, 1.807) is 11.7 Å². The Labute approximate surface area is 141 Å². The number of hydrogen-bond donors (Lipinski definition) is 1. The molecule has 1 atom stereocenters. The van der Waals surface area contributed by atoms with E-state index in [4.69, 9.17) is 5.73 Å². The summed E-state index contributed by atoms with van der Waals surface area (Å²) in [5, 5.41) is 4.37. The number of likely N-dealkylation sites (tertiary alicyclic amines) is 1. The van der Waals surface area contributed by atoms with Crippen molar-refractivity contribution in [3.63, 3.8) is 0 Å². The van der Waals surface area contributed by atoms with E-state index < -0.39 is 0 Å². The molecule has 1 amide bonds. The van der Waals surface area contributed by atoms with Crippen LogP contribution in [0.4, 0.5) is 5.95 Å². The first-order chi connectivity index (χ1) is 11.6. The number of nitrogen functional groups attached to an aromatic ring is 1. The highest BCUT2D eigenvalue weighted by atomic mass is 16.2. The van der Waals surface area contributed by atoms with E-state index in [1.165, 1.54) is 24.0 Å². The first-order valence-electron chi connectivity index (χ1n) is 8.68. The molecule has 1 unspecified atom stereocenters. The zero-order valence-electron chi connectivity index (χ0n) is 14.0. The molecule has 2 aliphatic rings. The predicted octanol–water partition coefficient (Wildman–Crippen LogP) is 1.79. The number of carbonyl (C=O) groups is 1. The fourth-order valence-corrected chi connectivity index (χ4v) is 3.90. The maximum atomic E-state index is 12.8. The first kappa shape index (κ1) is 15.2. The van der Waals surface area contributed by atoms with Crippen LogP contribution in [-0.4, -0.2) is 32.1 Å². The van der Waals surface area contributed by atoms with Crippen molar-refractivity contribution in [3.8, 4) is 0 Å². The van der Waals surface area contributed by atoms with Crippen LogP contribution >= 0.6 is 0 Å². The summed E-state index contributed by atoms with van der Waals surface area (Å²) < 4.78 is 1.57. The molecule has 6 heteroatoms. The highest BCUT2D eigenvalue weighted by Gasteiger charge is 2.33. The Morgan fingerprint density at radius 2 is 2.12 bits per heavy atom. The van der Waals surface area contributed by atoms with E-state index in [2.05, 4.69) is 28.3 Å². The average Bonchev–Trinajstić information content (AvgIpc) is 3.27. The maximum Gasteiger partial charge on any atom is 0.227 e. The molecule has 2 aromatic rings. The van der Waals surface area contributed by atoms with E-state index in [1.807, 2.05) is 4.90 Å². The molecule has 1 aliphatic heterocycles. The highest BCUT2D eigenvalue weighted by molar-refractivity contribution is 5.79. The fraction of sp³-hybridized carbons (Fsp3) is 0.500. The molecule has 0 radical (unpaired) electrons. The molecule has 1 saturated heterocycles. The summed E-state index contributed by atoms with van der Waals surface area (Å²) in [7, 11) is 1.78. The number of nitrogens with two attached hydrogens (primary N) is 1. The van der Waals surface area contributed by atoms with Crippen LogP contribution in [0, 0.1) is 0 Å². The molecular formula is C18H23N5O. The molecule has 1 aromatic heterocycles. The van der Waals surface area contributed by atoms with Crippen LogP contribution in [0.15, 0.2) is 18.2 Å². The Morgan fingerprint density at radius 3 is 2.92 bits per heavy atom. The number of amides is 1. The SMILES string of the molecule is Cn1nc(C2CCCN2C(=O)Cc2ccc3c(c2)CCC3)nc1N. The van der Waals surface area contributed by atoms with Gasteiger partial charge < -0.3 is 10.6 Å². The van der Waals surface area contributed by atoms with Gasteiger partial charge in [-0.3, -0.25) is 4.79 Å². The molecule has 24 heavy (non-hydrogen) atoms. The molecule has 1 fully saturated rings. The van der Waals surface area contributed by atoms with E-state index in [0.717, 1.165) is 31.4 Å². The highest BCUT2D eigenvalue weighted by Crippen LogP contribution is 2.31. The van der Waals surface area contributed by atoms with Crippen molar-refractivity contribution in [1.29, 1.82) is 0 Å². The van der Waals surface area contributed by atoms with Gasteiger partial charge in [0.2, 0.25) is 11.9 Å². The minimum Gasteiger partial charge on any atom is -0.368 e. The van der Waals surface area contributed by atoms with Gasteiger partial charge in [0.25, 0.3) is 0 Å². The van der Waals surface area contributed by atoms with E-state index in [0.29, 0.717) is 18.2 Å². The zero-order chi connectivity index (χ0) is 16.7. The maximum absolute atomic E-state index is 12.8. The van der Waals surface area contributed by atoms with Crippen molar-refractivity contribution in [1.82, 2.24) is 19.7 Å². The topological polar surface area (TPSA) is 77.0 Å². The third kappa shape index (κ3) is 2.66. The average molecular weight is 325 g/mol. The summed E-state index contributed by atoms with van der Waals surface area (Å²) >= 11 is 0. The number of aromatic nitrogens is 3. The summed E-state index contributed by atoms with van der Waals surface area (Å²) in [5.74, 6) is 1.21. The number of fused-ring (bicyclic) bond motifs is 1. The number of benzene rings is 1. The van der Waals surface area contributed by atoms with Crippen molar-refractivity contribution in [2.24, 2.45) is 7.05 Å². The lowest BCUT2D eigenvalue weighted by molar-refractivity contribution is -0.131. The largest absolute Gasteiger partial charge is 0.368 e. The van der Waals surface area contributed by atoms with Gasteiger partial charge in [-0.2, -0.15) is 10.1 Å². The zero-order valence-corrected chi connectivity index (χ0v) is 14.0. The molecule has 2 heterocycles. The summed E-state index contributed by atoms with van der Waals surface area (Å²) in [6.45, 7) is 0.770. The van der Waals surface area contributed by atoms with Crippen molar-refractivity contribution >= 4 is 11.9 Å². The van der Waals surface area contributed by atoms with Crippen LogP contribution < -0.4 is 5.73 Å². The Balaban J connectivity index is 1.51. The second-order valence-electron chi connectivity index (χ2n) is 6.83. The van der Waals surface area contributed by atoms with Gasteiger partial charge in [0, 0.05) is 13.6 Å². The molecule has 0 saturated carbocycles. The van der Waals surface area contributed by atoms with Crippen molar-refractivity contribution in [3.05, 3.63) is 40.7 Å². The van der Waals surface area contributed by atoms with Crippen molar-refractivity contribution < 1.29 is 4.79 Å². The van der Waals surface area contributed by atoms with Crippen LogP contribution in [0.1, 0.15) is 47.8 Å². The first-order valence-corrected chi connectivity index (χ1v) is 8.68. The van der Waals surface area contributed by atoms with Gasteiger partial charge in [-0.25, -0.2) is 4.68 Å². The van der Waals surface area contributed by atoms with E-state index in [-0.39, 0.29) is 11.9 Å². The summed E-state index contributed by atoms with van der Waals surface area (Å²) in [6, 6.07) is 6.45. The number of hydrogen-bond acceptors (Lipinski definition) is 4. The van der Waals surface area contributed by atoms with Crippen LogP contribution in [0.25, 0.3) is 0 Å². The third-order valence-corrected chi connectivity index (χ3v) is 5.20. The van der Waals surface area contributed by atoms with Gasteiger partial charge in [0.05, 0.1) is 12.5 Å². The molecule has 126 valence electrons. The van der Waals surface area contributed by atoms with Gasteiger partial charge in [-0.1, -0.05) is 18.2 Å².